The van der Waals surface area contributed by atoms with E-state index in [-0.39, 0.29) is 25.6 Å². The molecule has 232 valence electrons. The van der Waals surface area contributed by atoms with Crippen molar-refractivity contribution in [2.75, 3.05) is 13.1 Å². The molecule has 1 fully saturated rings. The molecular formula is C29H33F3N4O7. The summed E-state index contributed by atoms with van der Waals surface area (Å²) in [5.74, 6) is -3.82. The summed E-state index contributed by atoms with van der Waals surface area (Å²) >= 11 is 0. The van der Waals surface area contributed by atoms with Crippen molar-refractivity contribution in [2.45, 2.75) is 52.1 Å². The number of aryl methyl sites for hydroxylation is 1. The molecule has 1 saturated heterocycles. The number of ether oxygens (including phenoxy) is 1. The number of hydrogen-bond acceptors (Lipinski definition) is 7. The van der Waals surface area contributed by atoms with Crippen molar-refractivity contribution in [1.82, 2.24) is 15.8 Å². The molecule has 3 atom stereocenters. The lowest BCUT2D eigenvalue weighted by Gasteiger charge is -2.52. The fraction of sp³-hybridized carbons (Fsp3) is 0.379. The molecule has 0 aliphatic carbocycles. The molecule has 1 aromatic heterocycles. The van der Waals surface area contributed by atoms with Crippen molar-refractivity contribution in [2.24, 2.45) is 5.92 Å². The molecule has 3 aromatic rings. The Morgan fingerprint density at radius 1 is 1.14 bits per heavy atom. The molecule has 0 radical (unpaired) electrons. The zero-order chi connectivity index (χ0) is 31.9. The number of para-hydroxylation sites is 1. The molecule has 2 amide bonds. The number of carboxylic acid groups (broad SMARTS) is 1. The van der Waals surface area contributed by atoms with E-state index < -0.39 is 40.6 Å². The number of hydroxylamine groups is 4. The third-order valence-corrected chi connectivity index (χ3v) is 7.20. The number of nitrogens with zero attached hydrogens (tertiary/aromatic N) is 2. The Kier molecular flexibility index (Phi) is 10.7. The molecule has 43 heavy (non-hydrogen) atoms. The first-order valence-electron chi connectivity index (χ1n) is 13.4. The van der Waals surface area contributed by atoms with Crippen LogP contribution in [0.4, 0.5) is 13.2 Å². The number of pyridine rings is 1. The van der Waals surface area contributed by atoms with Crippen LogP contribution in [-0.4, -0.2) is 69.1 Å². The molecule has 11 nitrogen and oxygen atoms in total. The molecule has 1 aliphatic heterocycles. The Balaban J connectivity index is 0.000000646. The van der Waals surface area contributed by atoms with Gasteiger partial charge in [-0.1, -0.05) is 18.2 Å². The largest absolute Gasteiger partial charge is 0.633 e. The van der Waals surface area contributed by atoms with Crippen LogP contribution < -0.4 is 15.5 Å². The van der Waals surface area contributed by atoms with Crippen LogP contribution in [0.15, 0.2) is 54.6 Å². The highest BCUT2D eigenvalue weighted by molar-refractivity contribution is 5.95. The van der Waals surface area contributed by atoms with Gasteiger partial charge in [0, 0.05) is 28.6 Å². The number of benzene rings is 2. The summed E-state index contributed by atoms with van der Waals surface area (Å²) in [6.45, 7) is 6.26. The van der Waals surface area contributed by atoms with Crippen LogP contribution in [0, 0.1) is 18.0 Å². The maximum absolute atomic E-state index is 13.1. The van der Waals surface area contributed by atoms with Crippen LogP contribution in [0.25, 0.3) is 10.9 Å². The Labute approximate surface area is 245 Å². The Hall–Kier alpha value is -4.27. The van der Waals surface area contributed by atoms with E-state index in [1.165, 1.54) is 0 Å². The number of aromatic nitrogens is 1. The van der Waals surface area contributed by atoms with Crippen LogP contribution in [0.3, 0.4) is 0 Å². The maximum Gasteiger partial charge on any atom is 0.490 e. The Morgan fingerprint density at radius 3 is 2.35 bits per heavy atom. The quantitative estimate of drug-likeness (QED) is 0.135. The number of carboxylic acids is 1. The highest BCUT2D eigenvalue weighted by Crippen LogP contribution is 2.27. The SMILES string of the molecule is Cc1cc(COc2ccc(C(=O)N[C@@H]3C[N+]([O-])(C(C)C)CC[C@@H]3C(=O)NO)cc2)c2ccccc2n1.O=C(O)C(F)(F)F. The van der Waals surface area contributed by atoms with Gasteiger partial charge in [0.25, 0.3) is 5.91 Å². The van der Waals surface area contributed by atoms with Gasteiger partial charge < -0.3 is 25.0 Å². The molecule has 4 N–H and O–H groups in total. The number of carbonyl (C=O) groups excluding carboxylic acids is 2. The van der Waals surface area contributed by atoms with Crippen LogP contribution in [0.2, 0.25) is 0 Å². The zero-order valence-corrected chi connectivity index (χ0v) is 23.7. The van der Waals surface area contributed by atoms with Crippen molar-refractivity contribution in [3.63, 3.8) is 0 Å². The van der Waals surface area contributed by atoms with Gasteiger partial charge in [-0.05, 0) is 57.2 Å². The molecule has 0 saturated carbocycles. The fourth-order valence-electron chi connectivity index (χ4n) is 4.75. The summed E-state index contributed by atoms with van der Waals surface area (Å²) in [5.41, 5.74) is 4.90. The number of rotatable bonds is 7. The number of nitrogens with one attached hydrogen (secondary N) is 2. The van der Waals surface area contributed by atoms with Gasteiger partial charge in [0.2, 0.25) is 5.91 Å². The van der Waals surface area contributed by atoms with Crippen LogP contribution in [0.1, 0.15) is 41.9 Å². The van der Waals surface area contributed by atoms with E-state index >= 15 is 0 Å². The second-order valence-electron chi connectivity index (χ2n) is 10.5. The van der Waals surface area contributed by atoms with Crippen molar-refractivity contribution in [1.29, 1.82) is 0 Å². The van der Waals surface area contributed by atoms with E-state index in [0.29, 0.717) is 17.9 Å². The number of amides is 2. The highest BCUT2D eigenvalue weighted by atomic mass is 19.4. The third-order valence-electron chi connectivity index (χ3n) is 7.20. The lowest BCUT2D eigenvalue weighted by Crippen LogP contribution is -2.64. The lowest BCUT2D eigenvalue weighted by molar-refractivity contribution is -0.907. The normalized spacial score (nSPS) is 20.1. The van der Waals surface area contributed by atoms with Crippen LogP contribution in [-0.2, 0) is 16.2 Å². The van der Waals surface area contributed by atoms with Crippen molar-refractivity contribution in [3.05, 3.63) is 76.6 Å². The van der Waals surface area contributed by atoms with Gasteiger partial charge in [0.1, 0.15) is 12.4 Å². The Morgan fingerprint density at radius 2 is 1.77 bits per heavy atom. The minimum Gasteiger partial charge on any atom is -0.633 e. The first-order chi connectivity index (χ1) is 20.1. The number of halogens is 3. The van der Waals surface area contributed by atoms with Gasteiger partial charge in [0.15, 0.2) is 0 Å². The van der Waals surface area contributed by atoms with E-state index in [1.54, 1.807) is 29.7 Å². The third kappa shape index (κ3) is 8.63. The number of likely N-dealkylation sites (tertiary alicyclic amines) is 1. The van der Waals surface area contributed by atoms with Gasteiger partial charge in [-0.2, -0.15) is 13.2 Å². The summed E-state index contributed by atoms with van der Waals surface area (Å²) < 4.78 is 37.2. The predicted molar refractivity (Wildman–Crippen MR) is 149 cm³/mol. The van der Waals surface area contributed by atoms with E-state index in [0.717, 1.165) is 22.2 Å². The van der Waals surface area contributed by atoms with Gasteiger partial charge >= 0.3 is 12.1 Å². The molecule has 2 heterocycles. The summed E-state index contributed by atoms with van der Waals surface area (Å²) in [5, 5.41) is 33.2. The average molecular weight is 607 g/mol. The van der Waals surface area contributed by atoms with Crippen molar-refractivity contribution >= 4 is 28.7 Å². The maximum atomic E-state index is 13.1. The smallest absolute Gasteiger partial charge is 0.490 e. The number of hydrogen-bond donors (Lipinski definition) is 4. The summed E-state index contributed by atoms with van der Waals surface area (Å²) in [6.07, 6.45) is -4.81. The molecule has 4 rings (SSSR count). The minimum absolute atomic E-state index is 0.0575. The van der Waals surface area contributed by atoms with E-state index in [1.807, 2.05) is 51.1 Å². The molecule has 14 heteroatoms. The topological polar surface area (TPSA) is 161 Å². The first-order valence-corrected chi connectivity index (χ1v) is 13.4. The molecular weight excluding hydrogens is 573 g/mol. The van der Waals surface area contributed by atoms with E-state index in [2.05, 4.69) is 10.3 Å². The van der Waals surface area contributed by atoms with E-state index in [9.17, 15) is 28.0 Å². The molecule has 1 unspecified atom stereocenters. The molecule has 0 bridgehead atoms. The number of quaternary nitrogens is 1. The number of alkyl halides is 3. The number of piperidine rings is 1. The van der Waals surface area contributed by atoms with Crippen LogP contribution in [0.5, 0.6) is 5.75 Å². The van der Waals surface area contributed by atoms with Crippen molar-refractivity contribution in [3.8, 4) is 5.75 Å². The molecule has 0 spiro atoms. The first kappa shape index (κ1) is 33.2. The van der Waals surface area contributed by atoms with Gasteiger partial charge in [-0.3, -0.25) is 19.8 Å². The van der Waals surface area contributed by atoms with Gasteiger partial charge in [0.05, 0.1) is 36.6 Å². The second-order valence-corrected chi connectivity index (χ2v) is 10.5. The highest BCUT2D eigenvalue weighted by Gasteiger charge is 2.41. The predicted octanol–water partition coefficient (Wildman–Crippen LogP) is 4.10. The fourth-order valence-corrected chi connectivity index (χ4v) is 4.75. The number of carbonyl (C=O) groups is 3. The lowest BCUT2D eigenvalue weighted by atomic mass is 9.89. The van der Waals surface area contributed by atoms with Gasteiger partial charge in [-0.25, -0.2) is 10.3 Å². The Bertz CT molecular complexity index is 1450. The minimum atomic E-state index is -5.08. The summed E-state index contributed by atoms with van der Waals surface area (Å²) in [7, 11) is 0. The molecule has 1 aliphatic rings. The number of fused-ring (bicyclic) bond motifs is 1. The summed E-state index contributed by atoms with van der Waals surface area (Å²) in [6, 6.07) is 15.7. The standard InChI is InChI=1S/C27H32N4O5.C2HF3O2/c1-17(2)31(35)13-12-23(27(33)30-34)25(15-31)29-26(32)19-8-10-21(11-9-19)36-16-20-14-18(3)28-24-7-5-4-6-22(20)24;3-2(4,5)1(6)7/h4-11,14,17,23,25,34H,12-13,15-16H2,1-3H3,(H,29,32)(H,30,33);(H,6,7)/t23-,25+,31?;/m0./s1. The summed E-state index contributed by atoms with van der Waals surface area (Å²) in [4.78, 5) is 38.6. The monoisotopic (exact) mass is 606 g/mol. The van der Waals surface area contributed by atoms with E-state index in [4.69, 9.17) is 19.8 Å². The van der Waals surface area contributed by atoms with Crippen molar-refractivity contribution < 1.29 is 47.3 Å². The second kappa shape index (κ2) is 13.8. The van der Waals surface area contributed by atoms with Gasteiger partial charge in [-0.15, -0.1) is 0 Å². The van der Waals surface area contributed by atoms with Crippen LogP contribution >= 0.6 is 0 Å². The molecule has 2 aromatic carbocycles. The average Bonchev–Trinajstić information content (AvgIpc) is 2.95. The zero-order valence-electron chi connectivity index (χ0n) is 23.7. The number of aliphatic carboxylic acids is 1.